The molecule has 0 aliphatic carbocycles. The van der Waals surface area contributed by atoms with E-state index >= 15 is 0 Å². The van der Waals surface area contributed by atoms with Gasteiger partial charge in [-0.15, -0.1) is 0 Å². The van der Waals surface area contributed by atoms with Gasteiger partial charge in [0.1, 0.15) is 18.1 Å². The van der Waals surface area contributed by atoms with Crippen molar-refractivity contribution in [3.8, 4) is 11.5 Å². The maximum atomic E-state index is 11.6. The molecule has 0 radical (unpaired) electrons. The first kappa shape index (κ1) is 18.5. The van der Waals surface area contributed by atoms with Gasteiger partial charge < -0.3 is 14.2 Å². The number of ether oxygens (including phenoxy) is 3. The largest absolute Gasteiger partial charge is 0.493 e. The highest BCUT2D eigenvalue weighted by Crippen LogP contribution is 2.23. The molecule has 0 unspecified atom stereocenters. The van der Waals surface area contributed by atoms with Crippen molar-refractivity contribution >= 4 is 11.8 Å². The fourth-order valence-corrected chi connectivity index (χ4v) is 2.27. The van der Waals surface area contributed by atoms with Crippen LogP contribution in [0.15, 0.2) is 42.5 Å². The van der Waals surface area contributed by atoms with E-state index in [0.717, 1.165) is 5.56 Å². The van der Waals surface area contributed by atoms with Crippen LogP contribution in [0.25, 0.3) is 0 Å². The van der Waals surface area contributed by atoms with Crippen LogP contribution in [0.2, 0.25) is 0 Å². The SMILES string of the molecule is CCOC(=O)c1ccc(OCc2cc(C(C)=O)ccc2OCC)cc1. The summed E-state index contributed by atoms with van der Waals surface area (Å²) in [4.78, 5) is 23.2. The van der Waals surface area contributed by atoms with Crippen molar-refractivity contribution in [2.45, 2.75) is 27.4 Å². The number of ketones is 1. The van der Waals surface area contributed by atoms with Crippen molar-refractivity contribution in [1.82, 2.24) is 0 Å². The van der Waals surface area contributed by atoms with Gasteiger partial charge in [-0.3, -0.25) is 4.79 Å². The highest BCUT2D eigenvalue weighted by atomic mass is 16.5. The Morgan fingerprint density at radius 1 is 0.880 bits per heavy atom. The third kappa shape index (κ3) is 5.08. The Hall–Kier alpha value is -2.82. The molecule has 0 bridgehead atoms. The molecule has 132 valence electrons. The number of benzene rings is 2. The number of rotatable bonds is 8. The lowest BCUT2D eigenvalue weighted by atomic mass is 10.1. The van der Waals surface area contributed by atoms with Gasteiger partial charge in [-0.25, -0.2) is 4.79 Å². The number of carbonyl (C=O) groups is 2. The first-order valence-electron chi connectivity index (χ1n) is 8.21. The van der Waals surface area contributed by atoms with Crippen molar-refractivity contribution in [1.29, 1.82) is 0 Å². The Labute approximate surface area is 147 Å². The number of Topliss-reactive ketones (excluding diaryl/α,β-unsaturated/α-hetero) is 1. The minimum absolute atomic E-state index is 0.0110. The fourth-order valence-electron chi connectivity index (χ4n) is 2.27. The predicted molar refractivity (Wildman–Crippen MR) is 94.3 cm³/mol. The van der Waals surface area contributed by atoms with E-state index in [-0.39, 0.29) is 18.4 Å². The summed E-state index contributed by atoms with van der Waals surface area (Å²) in [6.07, 6.45) is 0. The van der Waals surface area contributed by atoms with Crippen molar-refractivity contribution in [2.75, 3.05) is 13.2 Å². The van der Waals surface area contributed by atoms with Crippen LogP contribution < -0.4 is 9.47 Å². The van der Waals surface area contributed by atoms with Crippen LogP contribution in [0.5, 0.6) is 11.5 Å². The second kappa shape index (κ2) is 8.87. The first-order chi connectivity index (χ1) is 12.0. The molecule has 2 aromatic carbocycles. The molecular weight excluding hydrogens is 320 g/mol. The van der Waals surface area contributed by atoms with Gasteiger partial charge in [0.15, 0.2) is 5.78 Å². The number of carbonyl (C=O) groups excluding carboxylic acids is 2. The molecule has 0 heterocycles. The first-order valence-corrected chi connectivity index (χ1v) is 8.21. The van der Waals surface area contributed by atoms with Gasteiger partial charge >= 0.3 is 5.97 Å². The second-order valence-corrected chi connectivity index (χ2v) is 5.35. The maximum Gasteiger partial charge on any atom is 0.338 e. The van der Waals surface area contributed by atoms with Crippen LogP contribution in [0.3, 0.4) is 0 Å². The van der Waals surface area contributed by atoms with Crippen molar-refractivity contribution in [2.24, 2.45) is 0 Å². The quantitative estimate of drug-likeness (QED) is 0.535. The monoisotopic (exact) mass is 342 g/mol. The third-order valence-corrected chi connectivity index (χ3v) is 3.53. The molecule has 5 nitrogen and oxygen atoms in total. The number of hydrogen-bond acceptors (Lipinski definition) is 5. The lowest BCUT2D eigenvalue weighted by molar-refractivity contribution is 0.0526. The van der Waals surface area contributed by atoms with Crippen LogP contribution in [-0.2, 0) is 11.3 Å². The zero-order valence-electron chi connectivity index (χ0n) is 14.7. The molecule has 0 amide bonds. The Balaban J connectivity index is 2.10. The average molecular weight is 342 g/mol. The van der Waals surface area contributed by atoms with E-state index in [1.165, 1.54) is 6.92 Å². The van der Waals surface area contributed by atoms with Crippen molar-refractivity contribution in [3.05, 3.63) is 59.2 Å². The van der Waals surface area contributed by atoms with E-state index < -0.39 is 0 Å². The summed E-state index contributed by atoms with van der Waals surface area (Å²) >= 11 is 0. The van der Waals surface area contributed by atoms with Gasteiger partial charge in [0.05, 0.1) is 18.8 Å². The lowest BCUT2D eigenvalue weighted by Crippen LogP contribution is -2.05. The minimum atomic E-state index is -0.359. The van der Waals surface area contributed by atoms with Crippen molar-refractivity contribution in [3.63, 3.8) is 0 Å². The zero-order valence-corrected chi connectivity index (χ0v) is 14.7. The zero-order chi connectivity index (χ0) is 18.2. The van der Waals surface area contributed by atoms with E-state index in [0.29, 0.717) is 35.8 Å². The molecule has 0 spiro atoms. The van der Waals surface area contributed by atoms with Gasteiger partial charge in [0.2, 0.25) is 0 Å². The number of hydrogen-bond donors (Lipinski definition) is 0. The molecule has 0 saturated heterocycles. The summed E-state index contributed by atoms with van der Waals surface area (Å²) in [5, 5.41) is 0. The summed E-state index contributed by atoms with van der Waals surface area (Å²) in [7, 11) is 0. The summed E-state index contributed by atoms with van der Waals surface area (Å²) in [5.41, 5.74) is 1.88. The summed E-state index contributed by atoms with van der Waals surface area (Å²) in [6.45, 7) is 6.31. The molecular formula is C20H22O5. The molecule has 0 atom stereocenters. The van der Waals surface area contributed by atoms with E-state index in [1.807, 2.05) is 6.92 Å². The van der Waals surface area contributed by atoms with E-state index in [9.17, 15) is 9.59 Å². The Bertz CT molecular complexity index is 734. The fraction of sp³-hybridized carbons (Fsp3) is 0.300. The topological polar surface area (TPSA) is 61.8 Å². The Morgan fingerprint density at radius 3 is 2.16 bits per heavy atom. The molecule has 0 aliphatic heterocycles. The predicted octanol–water partition coefficient (Wildman–Crippen LogP) is 4.04. The van der Waals surface area contributed by atoms with Gasteiger partial charge in [-0.1, -0.05) is 0 Å². The molecule has 25 heavy (non-hydrogen) atoms. The van der Waals surface area contributed by atoms with Gasteiger partial charge in [0, 0.05) is 11.1 Å². The van der Waals surface area contributed by atoms with Crippen LogP contribution in [0.1, 0.15) is 47.1 Å². The molecule has 5 heteroatoms. The lowest BCUT2D eigenvalue weighted by Gasteiger charge is -2.13. The standard InChI is InChI=1S/C20H22O5/c1-4-23-19-11-8-16(14(3)21)12-17(19)13-25-18-9-6-15(7-10-18)20(22)24-5-2/h6-12H,4-5,13H2,1-3H3. The number of esters is 1. The molecule has 0 aromatic heterocycles. The third-order valence-electron chi connectivity index (χ3n) is 3.53. The molecule has 0 aliphatic rings. The minimum Gasteiger partial charge on any atom is -0.493 e. The van der Waals surface area contributed by atoms with E-state index in [1.54, 1.807) is 49.4 Å². The normalized spacial score (nSPS) is 10.2. The Kier molecular flexibility index (Phi) is 6.57. The highest BCUT2D eigenvalue weighted by molar-refractivity contribution is 5.94. The average Bonchev–Trinajstić information content (AvgIpc) is 2.61. The molecule has 0 N–H and O–H groups in total. The smallest absolute Gasteiger partial charge is 0.338 e. The molecule has 0 fully saturated rings. The molecule has 2 aromatic rings. The van der Waals surface area contributed by atoms with Crippen LogP contribution in [-0.4, -0.2) is 25.0 Å². The molecule has 0 saturated carbocycles. The van der Waals surface area contributed by atoms with Crippen LogP contribution in [0.4, 0.5) is 0 Å². The van der Waals surface area contributed by atoms with E-state index in [4.69, 9.17) is 14.2 Å². The highest BCUT2D eigenvalue weighted by Gasteiger charge is 2.10. The Morgan fingerprint density at radius 2 is 1.56 bits per heavy atom. The van der Waals surface area contributed by atoms with Crippen LogP contribution in [0, 0.1) is 0 Å². The van der Waals surface area contributed by atoms with Gasteiger partial charge in [-0.05, 0) is 63.2 Å². The summed E-state index contributed by atoms with van der Waals surface area (Å²) in [6, 6.07) is 12.0. The maximum absolute atomic E-state index is 11.6. The molecule has 2 rings (SSSR count). The summed E-state index contributed by atoms with van der Waals surface area (Å²) < 4.78 is 16.3. The van der Waals surface area contributed by atoms with Crippen LogP contribution >= 0.6 is 0 Å². The van der Waals surface area contributed by atoms with Gasteiger partial charge in [0.25, 0.3) is 0 Å². The second-order valence-electron chi connectivity index (χ2n) is 5.35. The van der Waals surface area contributed by atoms with E-state index in [2.05, 4.69) is 0 Å². The van der Waals surface area contributed by atoms with Crippen molar-refractivity contribution < 1.29 is 23.8 Å². The van der Waals surface area contributed by atoms with Gasteiger partial charge in [-0.2, -0.15) is 0 Å². The summed E-state index contributed by atoms with van der Waals surface area (Å²) in [5.74, 6) is 0.935.